The molecule has 4 nitrogen and oxygen atoms in total. The van der Waals surface area contributed by atoms with Crippen LogP contribution in [0.3, 0.4) is 0 Å². The van der Waals surface area contributed by atoms with Gasteiger partial charge in [-0.15, -0.1) is 5.10 Å². The van der Waals surface area contributed by atoms with Gasteiger partial charge in [0.15, 0.2) is 0 Å². The Balaban J connectivity index is 2.56. The van der Waals surface area contributed by atoms with E-state index in [0.717, 1.165) is 29.3 Å². The highest BCUT2D eigenvalue weighted by atomic mass is 32.2. The van der Waals surface area contributed by atoms with E-state index in [9.17, 15) is 4.21 Å². The Hall–Kier alpha value is -0.710. The SMILES string of the molecule is Cn1nnc2c1S(=O)CCC2. The summed E-state index contributed by atoms with van der Waals surface area (Å²) in [7, 11) is 0.929. The smallest absolute Gasteiger partial charge is 0.148 e. The van der Waals surface area contributed by atoms with Gasteiger partial charge < -0.3 is 0 Å². The Bertz CT molecular complexity index is 307. The predicted octanol–water partition coefficient (Wildman–Crippen LogP) is -0.131. The Labute approximate surface area is 67.1 Å². The Kier molecular flexibility index (Phi) is 1.52. The first-order chi connectivity index (χ1) is 5.29. The summed E-state index contributed by atoms with van der Waals surface area (Å²) in [5.41, 5.74) is 0.914. The van der Waals surface area contributed by atoms with Crippen LogP contribution in [-0.2, 0) is 24.3 Å². The molecule has 0 radical (unpaired) electrons. The lowest BCUT2D eigenvalue weighted by molar-refractivity contribution is 0.631. The van der Waals surface area contributed by atoms with E-state index in [0.29, 0.717) is 0 Å². The first-order valence-electron chi connectivity index (χ1n) is 3.56. The Morgan fingerprint density at radius 3 is 3.18 bits per heavy atom. The zero-order chi connectivity index (χ0) is 7.84. The quantitative estimate of drug-likeness (QED) is 0.546. The Morgan fingerprint density at radius 1 is 1.64 bits per heavy atom. The molecule has 0 fully saturated rings. The fourth-order valence-electron chi connectivity index (χ4n) is 1.29. The van der Waals surface area contributed by atoms with Gasteiger partial charge >= 0.3 is 0 Å². The molecule has 0 aliphatic carbocycles. The fraction of sp³-hybridized carbons (Fsp3) is 0.667. The maximum atomic E-state index is 11.4. The second-order valence-corrected chi connectivity index (χ2v) is 4.10. The van der Waals surface area contributed by atoms with Crippen LogP contribution in [0.4, 0.5) is 0 Å². The molecule has 5 heteroatoms. The third-order valence-corrected chi connectivity index (χ3v) is 3.39. The molecule has 1 aliphatic rings. The van der Waals surface area contributed by atoms with Gasteiger partial charge in [-0.25, -0.2) is 4.68 Å². The van der Waals surface area contributed by atoms with Gasteiger partial charge in [0.1, 0.15) is 5.03 Å². The maximum Gasteiger partial charge on any atom is 0.148 e. The van der Waals surface area contributed by atoms with Crippen molar-refractivity contribution in [2.24, 2.45) is 7.05 Å². The molecular weight excluding hydrogens is 162 g/mol. The second kappa shape index (κ2) is 2.41. The van der Waals surface area contributed by atoms with Crippen LogP contribution in [0.5, 0.6) is 0 Å². The standard InChI is InChI=1S/C6H9N3OS/c1-9-6-5(7-8-9)3-2-4-11(6)10/h2-4H2,1H3. The van der Waals surface area contributed by atoms with Gasteiger partial charge in [-0.2, -0.15) is 0 Å². The van der Waals surface area contributed by atoms with Gasteiger partial charge in [-0.3, -0.25) is 4.21 Å². The van der Waals surface area contributed by atoms with Gasteiger partial charge in [-0.05, 0) is 12.8 Å². The van der Waals surface area contributed by atoms with Gasteiger partial charge in [-0.1, -0.05) is 5.21 Å². The first kappa shape index (κ1) is 6.97. The average molecular weight is 171 g/mol. The summed E-state index contributed by atoms with van der Waals surface area (Å²) in [4.78, 5) is 0. The lowest BCUT2D eigenvalue weighted by Crippen LogP contribution is -2.12. The average Bonchev–Trinajstić information content (AvgIpc) is 2.34. The van der Waals surface area contributed by atoms with Crippen LogP contribution in [0, 0.1) is 0 Å². The van der Waals surface area contributed by atoms with Crippen LogP contribution in [0.25, 0.3) is 0 Å². The molecule has 60 valence electrons. The van der Waals surface area contributed by atoms with Gasteiger partial charge in [0.2, 0.25) is 0 Å². The summed E-state index contributed by atoms with van der Waals surface area (Å²) in [6.45, 7) is 0. The maximum absolute atomic E-state index is 11.4. The van der Waals surface area contributed by atoms with E-state index in [1.807, 2.05) is 0 Å². The molecule has 11 heavy (non-hydrogen) atoms. The summed E-state index contributed by atoms with van der Waals surface area (Å²) in [6.07, 6.45) is 1.90. The third-order valence-electron chi connectivity index (χ3n) is 1.80. The minimum atomic E-state index is -0.858. The number of nitrogens with zero attached hydrogens (tertiary/aromatic N) is 3. The number of aryl methyl sites for hydroxylation is 2. The molecule has 1 aliphatic heterocycles. The molecule has 0 aromatic carbocycles. The van der Waals surface area contributed by atoms with E-state index >= 15 is 0 Å². The zero-order valence-electron chi connectivity index (χ0n) is 6.28. The van der Waals surface area contributed by atoms with Crippen molar-refractivity contribution in [2.45, 2.75) is 17.9 Å². The predicted molar refractivity (Wildman–Crippen MR) is 40.6 cm³/mol. The molecule has 2 rings (SSSR count). The summed E-state index contributed by atoms with van der Waals surface area (Å²) < 4.78 is 13.0. The first-order valence-corrected chi connectivity index (χ1v) is 4.88. The van der Waals surface area contributed by atoms with E-state index in [2.05, 4.69) is 10.3 Å². The minimum absolute atomic E-state index is 0.758. The molecule has 1 atom stereocenters. The van der Waals surface area contributed by atoms with Crippen LogP contribution >= 0.6 is 0 Å². The third kappa shape index (κ3) is 0.994. The highest BCUT2D eigenvalue weighted by Gasteiger charge is 2.21. The van der Waals surface area contributed by atoms with Crippen LogP contribution in [0.2, 0.25) is 0 Å². The van der Waals surface area contributed by atoms with Crippen molar-refractivity contribution in [3.63, 3.8) is 0 Å². The molecule has 0 amide bonds. The minimum Gasteiger partial charge on any atom is -0.253 e. The van der Waals surface area contributed by atoms with Crippen molar-refractivity contribution in [1.82, 2.24) is 15.0 Å². The highest BCUT2D eigenvalue weighted by molar-refractivity contribution is 7.85. The molecular formula is C6H9N3OS. The molecule has 0 spiro atoms. The van der Waals surface area contributed by atoms with Gasteiger partial charge in [0, 0.05) is 12.8 Å². The highest BCUT2D eigenvalue weighted by Crippen LogP contribution is 2.18. The van der Waals surface area contributed by atoms with Crippen LogP contribution in [-0.4, -0.2) is 25.0 Å². The van der Waals surface area contributed by atoms with E-state index in [4.69, 9.17) is 0 Å². The number of rotatable bonds is 0. The molecule has 0 bridgehead atoms. The molecule has 1 unspecified atom stereocenters. The Morgan fingerprint density at radius 2 is 2.45 bits per heavy atom. The topological polar surface area (TPSA) is 47.8 Å². The number of fused-ring (bicyclic) bond motifs is 1. The largest absolute Gasteiger partial charge is 0.253 e. The number of hydrogen-bond acceptors (Lipinski definition) is 3. The molecule has 2 heterocycles. The summed E-state index contributed by atoms with van der Waals surface area (Å²) >= 11 is 0. The van der Waals surface area contributed by atoms with Crippen LogP contribution < -0.4 is 0 Å². The van der Waals surface area contributed by atoms with E-state index in [1.54, 1.807) is 11.7 Å². The molecule has 1 aromatic rings. The summed E-state index contributed by atoms with van der Waals surface area (Å²) in [5, 5.41) is 8.56. The number of aromatic nitrogens is 3. The van der Waals surface area contributed by atoms with Crippen LogP contribution in [0.1, 0.15) is 12.1 Å². The van der Waals surface area contributed by atoms with Crippen molar-refractivity contribution in [3.05, 3.63) is 5.69 Å². The van der Waals surface area contributed by atoms with E-state index in [1.165, 1.54) is 0 Å². The summed E-state index contributed by atoms with van der Waals surface area (Å²) in [6, 6.07) is 0. The molecule has 0 N–H and O–H groups in total. The van der Waals surface area contributed by atoms with Crippen molar-refractivity contribution in [1.29, 1.82) is 0 Å². The fourth-order valence-corrected chi connectivity index (χ4v) is 2.63. The van der Waals surface area contributed by atoms with Crippen LogP contribution in [0.15, 0.2) is 5.03 Å². The van der Waals surface area contributed by atoms with E-state index < -0.39 is 10.8 Å². The second-order valence-electron chi connectivity index (χ2n) is 2.62. The molecule has 1 aromatic heterocycles. The van der Waals surface area contributed by atoms with Crippen molar-refractivity contribution in [2.75, 3.05) is 5.75 Å². The van der Waals surface area contributed by atoms with Crippen molar-refractivity contribution >= 4 is 10.8 Å². The van der Waals surface area contributed by atoms with Gasteiger partial charge in [0.05, 0.1) is 16.5 Å². The van der Waals surface area contributed by atoms with Crippen molar-refractivity contribution in [3.8, 4) is 0 Å². The van der Waals surface area contributed by atoms with Gasteiger partial charge in [0.25, 0.3) is 0 Å². The number of hydrogen-bond donors (Lipinski definition) is 0. The molecule has 0 saturated carbocycles. The monoisotopic (exact) mass is 171 g/mol. The van der Waals surface area contributed by atoms with E-state index in [-0.39, 0.29) is 0 Å². The summed E-state index contributed by atoms with van der Waals surface area (Å²) in [5.74, 6) is 0.758. The zero-order valence-corrected chi connectivity index (χ0v) is 7.10. The lowest BCUT2D eigenvalue weighted by Gasteiger charge is -2.08. The molecule has 0 saturated heterocycles. The van der Waals surface area contributed by atoms with Crippen molar-refractivity contribution < 1.29 is 4.21 Å². The lowest BCUT2D eigenvalue weighted by atomic mass is 10.3. The normalized spacial score (nSPS) is 23.2.